The first-order valence-corrected chi connectivity index (χ1v) is 16.2. The number of hydrogen-bond donors (Lipinski definition) is 2. The Morgan fingerprint density at radius 1 is 0.850 bits per heavy atom. The number of rotatable bonds is 18. The first-order chi connectivity index (χ1) is 19.4. The van der Waals surface area contributed by atoms with Gasteiger partial charge in [-0.25, -0.2) is 4.79 Å². The summed E-state index contributed by atoms with van der Waals surface area (Å²) in [5.74, 6) is -0.192. The van der Waals surface area contributed by atoms with E-state index in [2.05, 4.69) is 19.9 Å². The smallest absolute Gasteiger partial charge is 0.370 e. The standard InChI is InChI=1S/C33H56O7/c1-25(2)13-5-3-6-14-27(39-31-17-9-11-23-37-31)21-19-26-20-22-29(34)28(26)15-7-4-8-16-30(33(35)36)40-32-18-10-12-24-38-32/h13,16,26-29,31-32,34H,3-12,14-15,17-24H2,1-2H3,(H,35,36)/t26-,27?,28+,29+,31?,32?/m0/s1. The van der Waals surface area contributed by atoms with Gasteiger partial charge in [0.2, 0.25) is 5.76 Å². The molecule has 3 rings (SSSR count). The molecule has 3 aliphatic rings. The maximum absolute atomic E-state index is 11.6. The number of carboxylic acid groups (broad SMARTS) is 1. The molecule has 0 aromatic carbocycles. The van der Waals surface area contributed by atoms with Gasteiger partial charge in [0.15, 0.2) is 12.6 Å². The fourth-order valence-electron chi connectivity index (χ4n) is 6.42. The van der Waals surface area contributed by atoms with E-state index in [-0.39, 0.29) is 24.3 Å². The molecule has 2 saturated heterocycles. The molecule has 3 fully saturated rings. The molecule has 0 bridgehead atoms. The normalized spacial score (nSPS) is 28.3. The van der Waals surface area contributed by atoms with Crippen molar-refractivity contribution < 1.29 is 34.0 Å². The van der Waals surface area contributed by atoms with Gasteiger partial charge in [-0.15, -0.1) is 0 Å². The predicted octanol–water partition coefficient (Wildman–Crippen LogP) is 7.66. The number of allylic oxidation sites excluding steroid dienone is 3. The molecule has 0 spiro atoms. The Kier molecular flexibility index (Phi) is 15.6. The Morgan fingerprint density at radius 3 is 2.23 bits per heavy atom. The van der Waals surface area contributed by atoms with Crippen LogP contribution in [0.5, 0.6) is 0 Å². The van der Waals surface area contributed by atoms with Crippen molar-refractivity contribution in [2.45, 2.75) is 154 Å². The van der Waals surface area contributed by atoms with Gasteiger partial charge in [-0.2, -0.15) is 0 Å². The van der Waals surface area contributed by atoms with Crippen molar-refractivity contribution in [3.05, 3.63) is 23.5 Å². The van der Waals surface area contributed by atoms with E-state index < -0.39 is 12.3 Å². The monoisotopic (exact) mass is 564 g/mol. The number of carboxylic acids is 1. The van der Waals surface area contributed by atoms with Crippen LogP contribution in [0.1, 0.15) is 129 Å². The van der Waals surface area contributed by atoms with E-state index in [9.17, 15) is 15.0 Å². The SMILES string of the molecule is CC(C)=CCCCCC(CC[C@H]1CC[C@@H](O)[C@@H]1CCCCC=C(OC1CCCCO1)C(=O)O)OC1CCCCO1. The number of aliphatic hydroxyl groups is 1. The van der Waals surface area contributed by atoms with Crippen molar-refractivity contribution in [2.24, 2.45) is 11.8 Å². The van der Waals surface area contributed by atoms with Gasteiger partial charge in [-0.1, -0.05) is 24.5 Å². The van der Waals surface area contributed by atoms with Crippen LogP contribution < -0.4 is 0 Å². The topological polar surface area (TPSA) is 94.5 Å². The minimum absolute atomic E-state index is 0.000448. The minimum atomic E-state index is -1.03. The number of aliphatic hydroxyl groups excluding tert-OH is 1. The molecule has 0 radical (unpaired) electrons. The lowest BCUT2D eigenvalue weighted by Gasteiger charge is -2.29. The highest BCUT2D eigenvalue weighted by Crippen LogP contribution is 2.39. The summed E-state index contributed by atoms with van der Waals surface area (Å²) < 4.78 is 23.5. The third-order valence-corrected chi connectivity index (χ3v) is 8.74. The van der Waals surface area contributed by atoms with Crippen LogP contribution in [0, 0.1) is 11.8 Å². The van der Waals surface area contributed by atoms with Crippen LogP contribution in [-0.2, 0) is 23.7 Å². The second-order valence-electron chi connectivity index (χ2n) is 12.3. The van der Waals surface area contributed by atoms with Gasteiger partial charge in [-0.3, -0.25) is 0 Å². The van der Waals surface area contributed by atoms with Crippen molar-refractivity contribution in [3.63, 3.8) is 0 Å². The third kappa shape index (κ3) is 12.6. The molecule has 2 aliphatic heterocycles. The van der Waals surface area contributed by atoms with Gasteiger partial charge in [-0.05, 0) is 128 Å². The van der Waals surface area contributed by atoms with E-state index in [4.69, 9.17) is 18.9 Å². The van der Waals surface area contributed by atoms with Crippen LogP contribution >= 0.6 is 0 Å². The summed E-state index contributed by atoms with van der Waals surface area (Å²) in [4.78, 5) is 11.6. The van der Waals surface area contributed by atoms with Crippen molar-refractivity contribution in [1.82, 2.24) is 0 Å². The summed E-state index contributed by atoms with van der Waals surface area (Å²) in [6, 6.07) is 0. The Balaban J connectivity index is 1.42. The lowest BCUT2D eigenvalue weighted by Crippen LogP contribution is -2.29. The first-order valence-electron chi connectivity index (χ1n) is 16.2. The minimum Gasteiger partial charge on any atom is -0.475 e. The molecule has 230 valence electrons. The number of carbonyl (C=O) groups is 1. The molecule has 1 aliphatic carbocycles. The quantitative estimate of drug-likeness (QED) is 0.0763. The van der Waals surface area contributed by atoms with Crippen LogP contribution in [0.2, 0.25) is 0 Å². The molecule has 6 atom stereocenters. The van der Waals surface area contributed by atoms with E-state index in [0.29, 0.717) is 24.9 Å². The maximum atomic E-state index is 11.6. The van der Waals surface area contributed by atoms with E-state index >= 15 is 0 Å². The summed E-state index contributed by atoms with van der Waals surface area (Å²) in [7, 11) is 0. The highest BCUT2D eigenvalue weighted by Gasteiger charge is 2.34. The first kappa shape index (κ1) is 33.1. The van der Waals surface area contributed by atoms with Gasteiger partial charge < -0.3 is 29.2 Å². The number of aliphatic carboxylic acids is 1. The Morgan fingerprint density at radius 2 is 1.55 bits per heavy atom. The average Bonchev–Trinajstić information content (AvgIpc) is 3.30. The molecule has 2 heterocycles. The molecule has 7 heteroatoms. The van der Waals surface area contributed by atoms with Crippen molar-refractivity contribution >= 4 is 5.97 Å². The van der Waals surface area contributed by atoms with Gasteiger partial charge in [0.25, 0.3) is 0 Å². The van der Waals surface area contributed by atoms with Crippen LogP contribution in [-0.4, -0.2) is 54.2 Å². The van der Waals surface area contributed by atoms with Gasteiger partial charge >= 0.3 is 5.97 Å². The second-order valence-corrected chi connectivity index (χ2v) is 12.3. The number of ether oxygens (including phenoxy) is 4. The van der Waals surface area contributed by atoms with Gasteiger partial charge in [0.1, 0.15) is 0 Å². The van der Waals surface area contributed by atoms with Crippen LogP contribution in [0.4, 0.5) is 0 Å². The summed E-state index contributed by atoms with van der Waals surface area (Å²) in [6.07, 6.45) is 21.7. The zero-order valence-electron chi connectivity index (χ0n) is 25.2. The summed E-state index contributed by atoms with van der Waals surface area (Å²) in [5.41, 5.74) is 1.38. The molecule has 2 N–H and O–H groups in total. The molecule has 1 saturated carbocycles. The van der Waals surface area contributed by atoms with Gasteiger partial charge in [0, 0.05) is 13.0 Å². The van der Waals surface area contributed by atoms with Crippen molar-refractivity contribution in [2.75, 3.05) is 13.2 Å². The maximum Gasteiger partial charge on any atom is 0.370 e. The number of unbranched alkanes of at least 4 members (excludes halogenated alkanes) is 4. The molecule has 0 aromatic heterocycles. The molecular weight excluding hydrogens is 508 g/mol. The van der Waals surface area contributed by atoms with E-state index in [1.54, 1.807) is 6.08 Å². The van der Waals surface area contributed by atoms with E-state index in [0.717, 1.165) is 96.5 Å². The fraction of sp³-hybridized carbons (Fsp3) is 0.848. The largest absolute Gasteiger partial charge is 0.475 e. The lowest BCUT2D eigenvalue weighted by atomic mass is 9.85. The summed E-state index contributed by atoms with van der Waals surface area (Å²) in [5, 5.41) is 20.3. The fourth-order valence-corrected chi connectivity index (χ4v) is 6.42. The highest BCUT2D eigenvalue weighted by molar-refractivity contribution is 5.84. The second kappa shape index (κ2) is 18.9. The van der Waals surface area contributed by atoms with E-state index in [1.165, 1.54) is 24.8 Å². The third-order valence-electron chi connectivity index (χ3n) is 8.74. The van der Waals surface area contributed by atoms with Crippen LogP contribution in [0.15, 0.2) is 23.5 Å². The average molecular weight is 565 g/mol. The summed E-state index contributed by atoms with van der Waals surface area (Å²) >= 11 is 0. The Labute approximate surface area is 242 Å². The Hall–Kier alpha value is -1.41. The number of hydrogen-bond acceptors (Lipinski definition) is 6. The predicted molar refractivity (Wildman–Crippen MR) is 157 cm³/mol. The molecule has 0 aromatic rings. The Bertz CT molecular complexity index is 763. The van der Waals surface area contributed by atoms with Gasteiger partial charge in [0.05, 0.1) is 18.8 Å². The zero-order chi connectivity index (χ0) is 28.6. The zero-order valence-corrected chi connectivity index (χ0v) is 25.2. The van der Waals surface area contributed by atoms with Crippen molar-refractivity contribution in [1.29, 1.82) is 0 Å². The highest BCUT2D eigenvalue weighted by atomic mass is 16.7. The molecule has 0 amide bonds. The lowest BCUT2D eigenvalue weighted by molar-refractivity contribution is -0.191. The van der Waals surface area contributed by atoms with Crippen LogP contribution in [0.25, 0.3) is 0 Å². The summed E-state index contributed by atoms with van der Waals surface area (Å²) in [6.45, 7) is 5.74. The van der Waals surface area contributed by atoms with Crippen molar-refractivity contribution in [3.8, 4) is 0 Å². The molecular formula is C33H56O7. The van der Waals surface area contributed by atoms with E-state index in [1.807, 2.05) is 0 Å². The molecule has 40 heavy (non-hydrogen) atoms. The van der Waals surface area contributed by atoms with Crippen LogP contribution in [0.3, 0.4) is 0 Å². The molecule has 7 nitrogen and oxygen atoms in total. The molecule has 3 unspecified atom stereocenters.